The molecule has 7 heteroatoms. The summed E-state index contributed by atoms with van der Waals surface area (Å²) in [5, 5.41) is 5.57. The Labute approximate surface area is 122 Å². The maximum Gasteiger partial charge on any atom is 0.396 e. The molecule has 2 N–H and O–H groups in total. The van der Waals surface area contributed by atoms with Gasteiger partial charge in [0.05, 0.1) is 5.41 Å². The number of nitrogens with one attached hydrogen (secondary N) is 2. The molecule has 0 aromatic heterocycles. The molecular weight excluding hydrogens is 283 g/mol. The average Bonchev–Trinajstić information content (AvgIpc) is 2.94. The predicted molar refractivity (Wildman–Crippen MR) is 71.8 cm³/mol. The van der Waals surface area contributed by atoms with Gasteiger partial charge in [-0.2, -0.15) is 13.2 Å². The zero-order chi connectivity index (χ0) is 15.3. The summed E-state index contributed by atoms with van der Waals surface area (Å²) in [6, 6.07) is -0.217. The van der Waals surface area contributed by atoms with E-state index in [1.807, 2.05) is 0 Å². The molecular formula is C14H22F3N3O. The maximum atomic E-state index is 13.2. The van der Waals surface area contributed by atoms with Crippen LogP contribution in [0.15, 0.2) is 0 Å². The Kier molecular flexibility index (Phi) is 3.39. The molecule has 0 bridgehead atoms. The molecule has 2 saturated heterocycles. The van der Waals surface area contributed by atoms with Crippen LogP contribution in [0, 0.1) is 16.7 Å². The third kappa shape index (κ3) is 2.29. The Balaban J connectivity index is 1.55. The fraction of sp³-hybridized carbons (Fsp3) is 0.929. The molecule has 0 aromatic rings. The first-order valence-electron chi connectivity index (χ1n) is 7.60. The number of amides is 2. The topological polar surface area (TPSA) is 44.4 Å². The number of nitrogens with zero attached hydrogens (tertiary/aromatic N) is 1. The second-order valence-corrected chi connectivity index (χ2v) is 6.97. The van der Waals surface area contributed by atoms with Crippen molar-refractivity contribution in [3.63, 3.8) is 0 Å². The number of hydrogen-bond donors (Lipinski definition) is 2. The van der Waals surface area contributed by atoms with Gasteiger partial charge >= 0.3 is 12.2 Å². The number of piperidine rings is 2. The second kappa shape index (κ2) is 4.76. The Morgan fingerprint density at radius 1 is 1.33 bits per heavy atom. The van der Waals surface area contributed by atoms with Crippen LogP contribution < -0.4 is 10.6 Å². The fourth-order valence-corrected chi connectivity index (χ4v) is 3.89. The molecule has 2 heterocycles. The molecule has 0 radical (unpaired) electrons. The maximum absolute atomic E-state index is 13.2. The molecule has 0 unspecified atom stereocenters. The number of urea groups is 1. The number of halogens is 3. The van der Waals surface area contributed by atoms with Crippen LogP contribution in [0.25, 0.3) is 0 Å². The average molecular weight is 305 g/mol. The Morgan fingerprint density at radius 2 is 2.00 bits per heavy atom. The first-order valence-corrected chi connectivity index (χ1v) is 7.60. The van der Waals surface area contributed by atoms with E-state index in [0.29, 0.717) is 25.6 Å². The molecule has 4 nitrogen and oxygen atoms in total. The Hall–Kier alpha value is -0.980. The van der Waals surface area contributed by atoms with Crippen molar-refractivity contribution in [2.45, 2.75) is 32.4 Å². The van der Waals surface area contributed by atoms with Crippen molar-refractivity contribution in [2.75, 3.05) is 32.7 Å². The number of carbonyl (C=O) groups is 1. The van der Waals surface area contributed by atoms with Gasteiger partial charge in [0.1, 0.15) is 0 Å². The molecule has 3 aliphatic rings. The van der Waals surface area contributed by atoms with E-state index in [4.69, 9.17) is 0 Å². The summed E-state index contributed by atoms with van der Waals surface area (Å²) in [7, 11) is 0. The summed E-state index contributed by atoms with van der Waals surface area (Å²) < 4.78 is 39.6. The van der Waals surface area contributed by atoms with Crippen LogP contribution in [0.2, 0.25) is 0 Å². The monoisotopic (exact) mass is 305 g/mol. The summed E-state index contributed by atoms with van der Waals surface area (Å²) >= 11 is 0. The highest BCUT2D eigenvalue weighted by molar-refractivity contribution is 5.74. The van der Waals surface area contributed by atoms with Crippen LogP contribution in [0.1, 0.15) is 26.2 Å². The summed E-state index contributed by atoms with van der Waals surface area (Å²) in [6.07, 6.45) is -2.13. The summed E-state index contributed by atoms with van der Waals surface area (Å²) in [5.41, 5.74) is -2.45. The van der Waals surface area contributed by atoms with Crippen molar-refractivity contribution in [2.24, 2.45) is 16.7 Å². The van der Waals surface area contributed by atoms with E-state index in [1.54, 1.807) is 4.90 Å². The zero-order valence-corrected chi connectivity index (χ0v) is 12.2. The van der Waals surface area contributed by atoms with Crippen LogP contribution in [0.4, 0.5) is 18.0 Å². The first kappa shape index (κ1) is 14.9. The van der Waals surface area contributed by atoms with Gasteiger partial charge in [0, 0.05) is 38.1 Å². The first-order chi connectivity index (χ1) is 9.80. The van der Waals surface area contributed by atoms with Gasteiger partial charge in [-0.3, -0.25) is 0 Å². The summed E-state index contributed by atoms with van der Waals surface area (Å²) in [6.45, 7) is 3.98. The van der Waals surface area contributed by atoms with Crippen LogP contribution in [0.5, 0.6) is 0 Å². The van der Waals surface area contributed by atoms with E-state index in [0.717, 1.165) is 12.8 Å². The highest BCUT2D eigenvalue weighted by Crippen LogP contribution is 2.72. The molecule has 1 saturated carbocycles. The third-order valence-corrected chi connectivity index (χ3v) is 5.61. The van der Waals surface area contributed by atoms with E-state index in [2.05, 4.69) is 17.6 Å². The fourth-order valence-electron chi connectivity index (χ4n) is 3.89. The molecule has 2 atom stereocenters. The van der Waals surface area contributed by atoms with Crippen molar-refractivity contribution in [1.82, 2.24) is 15.5 Å². The lowest BCUT2D eigenvalue weighted by atomic mass is 9.95. The molecule has 3 rings (SSSR count). The number of likely N-dealkylation sites (tertiary alicyclic amines) is 1. The highest BCUT2D eigenvalue weighted by Gasteiger charge is 2.81. The lowest BCUT2D eigenvalue weighted by molar-refractivity contribution is -0.190. The van der Waals surface area contributed by atoms with Crippen LogP contribution >= 0.6 is 0 Å². The Morgan fingerprint density at radius 3 is 2.57 bits per heavy atom. The van der Waals surface area contributed by atoms with Crippen molar-refractivity contribution < 1.29 is 18.0 Å². The molecule has 1 aliphatic carbocycles. The minimum absolute atomic E-state index is 0.0202. The van der Waals surface area contributed by atoms with E-state index >= 15 is 0 Å². The van der Waals surface area contributed by atoms with Gasteiger partial charge in [-0.15, -0.1) is 0 Å². The Bertz CT molecular complexity index is 434. The van der Waals surface area contributed by atoms with Gasteiger partial charge in [0.25, 0.3) is 0 Å². The third-order valence-electron chi connectivity index (χ3n) is 5.61. The lowest BCUT2D eigenvalue weighted by Gasteiger charge is -2.31. The minimum atomic E-state index is -4.19. The quantitative estimate of drug-likeness (QED) is 0.819. The van der Waals surface area contributed by atoms with Crippen LogP contribution in [0.3, 0.4) is 0 Å². The SMILES string of the molecule is CC1CCN(C(=O)NC[C@@]23CNC[C@]2(C(F)(F)F)C3)CC1. The molecule has 2 amide bonds. The van der Waals surface area contributed by atoms with Gasteiger partial charge in [-0.1, -0.05) is 6.92 Å². The lowest BCUT2D eigenvalue weighted by Crippen LogP contribution is -2.47. The molecule has 0 spiro atoms. The van der Waals surface area contributed by atoms with Crippen molar-refractivity contribution >= 4 is 6.03 Å². The van der Waals surface area contributed by atoms with Crippen molar-refractivity contribution in [3.8, 4) is 0 Å². The normalized spacial score (nSPS) is 36.5. The molecule has 120 valence electrons. The van der Waals surface area contributed by atoms with Gasteiger partial charge in [0.2, 0.25) is 0 Å². The summed E-state index contributed by atoms with van der Waals surface area (Å²) in [5.74, 6) is 0.619. The largest absolute Gasteiger partial charge is 0.396 e. The highest BCUT2D eigenvalue weighted by atomic mass is 19.4. The van der Waals surface area contributed by atoms with Gasteiger partial charge in [0.15, 0.2) is 0 Å². The molecule has 21 heavy (non-hydrogen) atoms. The van der Waals surface area contributed by atoms with Gasteiger partial charge < -0.3 is 15.5 Å². The number of fused-ring (bicyclic) bond motifs is 1. The standard InChI is InChI=1S/C14H22F3N3O/c1-10-2-4-20(5-3-10)11(21)19-8-12-6-13(12,9-18-7-12)14(15,16)17/h10,18H,2-9H2,1H3,(H,19,21)/t12-,13-/m1/s1. The number of alkyl halides is 3. The van der Waals surface area contributed by atoms with Crippen LogP contribution in [-0.4, -0.2) is 49.8 Å². The van der Waals surface area contributed by atoms with E-state index in [-0.39, 0.29) is 25.5 Å². The van der Waals surface area contributed by atoms with Gasteiger partial charge in [-0.25, -0.2) is 4.79 Å². The van der Waals surface area contributed by atoms with Gasteiger partial charge in [-0.05, 0) is 25.2 Å². The van der Waals surface area contributed by atoms with Crippen molar-refractivity contribution in [3.05, 3.63) is 0 Å². The minimum Gasteiger partial charge on any atom is -0.337 e. The second-order valence-electron chi connectivity index (χ2n) is 6.97. The molecule has 2 aliphatic heterocycles. The zero-order valence-electron chi connectivity index (χ0n) is 12.2. The van der Waals surface area contributed by atoms with E-state index in [9.17, 15) is 18.0 Å². The smallest absolute Gasteiger partial charge is 0.337 e. The molecule has 3 fully saturated rings. The number of hydrogen-bond acceptors (Lipinski definition) is 2. The summed E-state index contributed by atoms with van der Waals surface area (Å²) in [4.78, 5) is 13.8. The number of carbonyl (C=O) groups excluding carboxylic acids is 1. The van der Waals surface area contributed by atoms with Crippen molar-refractivity contribution in [1.29, 1.82) is 0 Å². The van der Waals surface area contributed by atoms with E-state index < -0.39 is 17.0 Å². The van der Waals surface area contributed by atoms with Crippen LogP contribution in [-0.2, 0) is 0 Å². The van der Waals surface area contributed by atoms with E-state index in [1.165, 1.54) is 0 Å². The predicted octanol–water partition coefficient (Wildman–Crippen LogP) is 1.97. The number of rotatable bonds is 2. The molecule has 0 aromatic carbocycles.